The van der Waals surface area contributed by atoms with Crippen molar-refractivity contribution in [3.8, 4) is 0 Å². The predicted octanol–water partition coefficient (Wildman–Crippen LogP) is -0.282. The van der Waals surface area contributed by atoms with Gasteiger partial charge >= 0.3 is 0 Å². The lowest BCUT2D eigenvalue weighted by Crippen LogP contribution is -2.19. The van der Waals surface area contributed by atoms with Crippen LogP contribution < -0.4 is 16.6 Å². The van der Waals surface area contributed by atoms with Gasteiger partial charge in [-0.25, -0.2) is 15.8 Å². The van der Waals surface area contributed by atoms with Gasteiger partial charge < -0.3 is 25.3 Å². The molecule has 0 saturated heterocycles. The van der Waals surface area contributed by atoms with Gasteiger partial charge in [0, 0.05) is 26.8 Å². The topological polar surface area (TPSA) is 115 Å². The summed E-state index contributed by atoms with van der Waals surface area (Å²) in [5.41, 5.74) is 2.47. The van der Waals surface area contributed by atoms with Gasteiger partial charge in [-0.1, -0.05) is 0 Å². The number of nitrogen functional groups attached to an aromatic ring is 1. The number of hydrogen-bond donors (Lipinski definition) is 4. The van der Waals surface area contributed by atoms with Gasteiger partial charge in [0.1, 0.15) is 18.2 Å². The summed E-state index contributed by atoms with van der Waals surface area (Å²) < 4.78 is 9.83. The van der Waals surface area contributed by atoms with Gasteiger partial charge in [-0.05, 0) is 6.42 Å². The Morgan fingerprint density at radius 2 is 2.05 bits per heavy atom. The standard InChI is InChI=1S/C11H21N5O3/c1-18-6-8(17)3-4-13-9-5-10(16-12)15-11(14-9)7-19-2/h5,8,17H,3-4,6-7,12H2,1-2H3,(H2,13,14,15,16). The van der Waals surface area contributed by atoms with E-state index in [2.05, 4.69) is 20.7 Å². The number of nitrogens with one attached hydrogen (secondary N) is 2. The van der Waals surface area contributed by atoms with Crippen LogP contribution in [-0.4, -0.2) is 48.5 Å². The third-order valence-electron chi connectivity index (χ3n) is 2.34. The van der Waals surface area contributed by atoms with E-state index >= 15 is 0 Å². The second-order valence-corrected chi connectivity index (χ2v) is 3.96. The molecular weight excluding hydrogens is 250 g/mol. The molecular formula is C11H21N5O3. The van der Waals surface area contributed by atoms with E-state index in [0.717, 1.165) is 0 Å². The van der Waals surface area contributed by atoms with Crippen LogP contribution in [0.2, 0.25) is 0 Å². The Morgan fingerprint density at radius 3 is 2.68 bits per heavy atom. The minimum Gasteiger partial charge on any atom is -0.391 e. The Bertz CT molecular complexity index is 377. The minimum atomic E-state index is -0.495. The number of aromatic nitrogens is 2. The third kappa shape index (κ3) is 5.79. The zero-order valence-electron chi connectivity index (χ0n) is 11.2. The molecule has 1 unspecified atom stereocenters. The summed E-state index contributed by atoms with van der Waals surface area (Å²) in [4.78, 5) is 8.39. The highest BCUT2D eigenvalue weighted by Crippen LogP contribution is 2.11. The Morgan fingerprint density at radius 1 is 1.32 bits per heavy atom. The summed E-state index contributed by atoms with van der Waals surface area (Å²) >= 11 is 0. The molecule has 0 aliphatic carbocycles. The van der Waals surface area contributed by atoms with Crippen molar-refractivity contribution in [1.82, 2.24) is 9.97 Å². The van der Waals surface area contributed by atoms with E-state index in [1.165, 1.54) is 0 Å². The van der Waals surface area contributed by atoms with Crippen LogP contribution in [0, 0.1) is 0 Å². The highest BCUT2D eigenvalue weighted by Gasteiger charge is 2.06. The Balaban J connectivity index is 2.54. The summed E-state index contributed by atoms with van der Waals surface area (Å²) in [6.07, 6.45) is 0.0629. The highest BCUT2D eigenvalue weighted by atomic mass is 16.5. The number of hydrogen-bond acceptors (Lipinski definition) is 8. The minimum absolute atomic E-state index is 0.302. The van der Waals surface area contributed by atoms with Gasteiger partial charge in [0.25, 0.3) is 0 Å². The van der Waals surface area contributed by atoms with E-state index in [-0.39, 0.29) is 0 Å². The molecule has 0 aliphatic heterocycles. The number of ether oxygens (including phenoxy) is 2. The molecule has 1 atom stereocenters. The zero-order chi connectivity index (χ0) is 14.1. The van der Waals surface area contributed by atoms with Crippen LogP contribution >= 0.6 is 0 Å². The van der Waals surface area contributed by atoms with Crippen LogP contribution in [0.4, 0.5) is 11.6 Å². The van der Waals surface area contributed by atoms with Crippen molar-refractivity contribution >= 4 is 11.6 Å². The van der Waals surface area contributed by atoms with Gasteiger partial charge in [-0.15, -0.1) is 0 Å². The maximum Gasteiger partial charge on any atom is 0.158 e. The van der Waals surface area contributed by atoms with Gasteiger partial charge in [-0.2, -0.15) is 0 Å². The molecule has 1 aromatic rings. The molecule has 19 heavy (non-hydrogen) atoms. The fourth-order valence-corrected chi connectivity index (χ4v) is 1.50. The van der Waals surface area contributed by atoms with E-state index in [0.29, 0.717) is 43.6 Å². The number of rotatable bonds is 9. The summed E-state index contributed by atoms with van der Waals surface area (Å²) in [5.74, 6) is 6.99. The monoisotopic (exact) mass is 271 g/mol. The number of aliphatic hydroxyl groups excluding tert-OH is 1. The second-order valence-electron chi connectivity index (χ2n) is 3.96. The van der Waals surface area contributed by atoms with E-state index in [4.69, 9.17) is 15.3 Å². The molecule has 0 spiro atoms. The SMILES string of the molecule is COCc1nc(NN)cc(NCCC(O)COC)n1. The molecule has 0 fully saturated rings. The van der Waals surface area contributed by atoms with Crippen LogP contribution in [0.15, 0.2) is 6.07 Å². The molecule has 0 amide bonds. The number of hydrazine groups is 1. The number of methoxy groups -OCH3 is 2. The number of anilines is 2. The van der Waals surface area contributed by atoms with Crippen LogP contribution in [0.5, 0.6) is 0 Å². The van der Waals surface area contributed by atoms with Gasteiger partial charge in [0.15, 0.2) is 5.82 Å². The second kappa shape index (κ2) is 8.59. The Kier molecular flexibility index (Phi) is 7.04. The first-order valence-corrected chi connectivity index (χ1v) is 5.94. The van der Waals surface area contributed by atoms with Crippen molar-refractivity contribution in [3.05, 3.63) is 11.9 Å². The summed E-state index contributed by atoms with van der Waals surface area (Å²) in [6.45, 7) is 1.18. The van der Waals surface area contributed by atoms with Crippen LogP contribution in [-0.2, 0) is 16.1 Å². The molecule has 8 heteroatoms. The quantitative estimate of drug-likeness (QED) is 0.358. The molecule has 0 saturated carbocycles. The van der Waals surface area contributed by atoms with E-state index in [1.54, 1.807) is 20.3 Å². The fourth-order valence-electron chi connectivity index (χ4n) is 1.50. The summed E-state index contributed by atoms with van der Waals surface area (Å²) in [7, 11) is 3.12. The lowest BCUT2D eigenvalue weighted by atomic mass is 10.2. The lowest BCUT2D eigenvalue weighted by molar-refractivity contribution is 0.0615. The summed E-state index contributed by atoms with van der Waals surface area (Å²) in [5, 5.41) is 12.6. The van der Waals surface area contributed by atoms with Crippen LogP contribution in [0.3, 0.4) is 0 Å². The molecule has 108 valence electrons. The number of aliphatic hydroxyl groups is 1. The van der Waals surface area contributed by atoms with Gasteiger partial charge in [-0.3, -0.25) is 0 Å². The number of nitrogens with two attached hydrogens (primary N) is 1. The summed E-state index contributed by atoms with van der Waals surface area (Å²) in [6, 6.07) is 1.68. The first kappa shape index (κ1) is 15.6. The molecule has 0 aliphatic rings. The van der Waals surface area contributed by atoms with Crippen molar-refractivity contribution in [1.29, 1.82) is 0 Å². The molecule has 1 rings (SSSR count). The zero-order valence-corrected chi connectivity index (χ0v) is 11.2. The first-order chi connectivity index (χ1) is 9.19. The Labute approximate surface area is 112 Å². The van der Waals surface area contributed by atoms with E-state index in [9.17, 15) is 5.11 Å². The highest BCUT2D eigenvalue weighted by molar-refractivity contribution is 5.46. The van der Waals surface area contributed by atoms with Gasteiger partial charge in [0.2, 0.25) is 0 Å². The lowest BCUT2D eigenvalue weighted by Gasteiger charge is -2.12. The van der Waals surface area contributed by atoms with Crippen LogP contribution in [0.1, 0.15) is 12.2 Å². The van der Waals surface area contributed by atoms with E-state index in [1.807, 2.05) is 0 Å². The largest absolute Gasteiger partial charge is 0.391 e. The normalized spacial score (nSPS) is 12.2. The number of nitrogens with zero attached hydrogens (tertiary/aromatic N) is 2. The predicted molar refractivity (Wildman–Crippen MR) is 71.5 cm³/mol. The molecule has 5 N–H and O–H groups in total. The van der Waals surface area contributed by atoms with Gasteiger partial charge in [0.05, 0.1) is 12.7 Å². The fraction of sp³-hybridized carbons (Fsp3) is 0.636. The van der Waals surface area contributed by atoms with Crippen molar-refractivity contribution in [2.24, 2.45) is 5.84 Å². The third-order valence-corrected chi connectivity index (χ3v) is 2.34. The maximum absolute atomic E-state index is 9.52. The molecule has 8 nitrogen and oxygen atoms in total. The van der Waals surface area contributed by atoms with Crippen molar-refractivity contribution < 1.29 is 14.6 Å². The van der Waals surface area contributed by atoms with Crippen molar-refractivity contribution in [2.75, 3.05) is 38.1 Å². The molecule has 1 heterocycles. The van der Waals surface area contributed by atoms with Crippen molar-refractivity contribution in [3.63, 3.8) is 0 Å². The molecule has 0 radical (unpaired) electrons. The average molecular weight is 271 g/mol. The average Bonchev–Trinajstić information content (AvgIpc) is 2.39. The van der Waals surface area contributed by atoms with Crippen molar-refractivity contribution in [2.45, 2.75) is 19.1 Å². The Hall–Kier alpha value is -1.48. The first-order valence-electron chi connectivity index (χ1n) is 5.94. The molecule has 1 aromatic heterocycles. The van der Waals surface area contributed by atoms with Crippen LogP contribution in [0.25, 0.3) is 0 Å². The molecule has 0 bridgehead atoms. The molecule has 0 aromatic carbocycles. The van der Waals surface area contributed by atoms with E-state index < -0.39 is 6.10 Å². The maximum atomic E-state index is 9.52. The smallest absolute Gasteiger partial charge is 0.158 e.